The largest absolute Gasteiger partial charge is 0.390 e. The zero-order valence-electron chi connectivity index (χ0n) is 17.0. The third kappa shape index (κ3) is 3.50. The van der Waals surface area contributed by atoms with Gasteiger partial charge in [-0.3, -0.25) is 15.2 Å². The van der Waals surface area contributed by atoms with E-state index in [1.165, 1.54) is 0 Å². The van der Waals surface area contributed by atoms with E-state index in [0.29, 0.717) is 36.1 Å². The number of para-hydroxylation sites is 2. The average Bonchev–Trinajstić information content (AvgIpc) is 3.38. The third-order valence-corrected chi connectivity index (χ3v) is 6.15. The normalized spacial score (nSPS) is 20.5. The first-order valence-corrected chi connectivity index (χ1v) is 10.3. The van der Waals surface area contributed by atoms with Gasteiger partial charge in [0, 0.05) is 43.6 Å². The molecule has 1 aromatic heterocycles. The van der Waals surface area contributed by atoms with Gasteiger partial charge >= 0.3 is 0 Å². The maximum Gasteiger partial charge on any atom is 0.254 e. The van der Waals surface area contributed by atoms with Crippen LogP contribution in [0, 0.1) is 17.2 Å². The molecule has 0 spiro atoms. The highest BCUT2D eigenvalue weighted by Gasteiger charge is 2.42. The molecule has 0 radical (unpaired) electrons. The zero-order valence-corrected chi connectivity index (χ0v) is 17.0. The Bertz CT molecular complexity index is 1180. The van der Waals surface area contributed by atoms with Crippen LogP contribution in [-0.4, -0.2) is 59.1 Å². The Labute approximate surface area is 179 Å². The summed E-state index contributed by atoms with van der Waals surface area (Å²) in [5.74, 6) is 1.62. The highest BCUT2D eigenvalue weighted by atomic mass is 16.2. The molecule has 2 aliphatic rings. The Hall–Kier alpha value is -3.81. The number of likely N-dealkylation sites (tertiary alicyclic amines) is 1. The molecule has 8 heteroatoms. The van der Waals surface area contributed by atoms with Gasteiger partial charge in [-0.05, 0) is 18.2 Å². The van der Waals surface area contributed by atoms with Crippen LogP contribution in [0.1, 0.15) is 15.9 Å². The Morgan fingerprint density at radius 2 is 1.65 bits per heavy atom. The van der Waals surface area contributed by atoms with Crippen LogP contribution < -0.4 is 10.6 Å². The van der Waals surface area contributed by atoms with E-state index in [-0.39, 0.29) is 11.7 Å². The van der Waals surface area contributed by atoms with Crippen LogP contribution >= 0.6 is 0 Å². The second-order valence-corrected chi connectivity index (χ2v) is 8.02. The molecule has 156 valence electrons. The number of anilines is 1. The Kier molecular flexibility index (Phi) is 4.82. The molecule has 1 amide bonds. The third-order valence-electron chi connectivity index (χ3n) is 6.15. The van der Waals surface area contributed by atoms with Crippen LogP contribution in [0.25, 0.3) is 11.0 Å². The lowest BCUT2D eigenvalue weighted by molar-refractivity contribution is 0.0782. The second-order valence-electron chi connectivity index (χ2n) is 8.02. The van der Waals surface area contributed by atoms with Crippen molar-refractivity contribution in [3.05, 3.63) is 65.9 Å². The summed E-state index contributed by atoms with van der Waals surface area (Å²) in [5, 5.41) is 8.07. The minimum atomic E-state index is -0.0565. The standard InChI is InChI=1S/C23H23N7O/c24-14-27-22(25)17-5-1-2-6-18(17)23(31)30-12-15-10-29(11-16(15)13-30)21-9-26-19-7-3-4-8-20(19)28-21/h1-9,14-16H,10-13H2,(H3,24,25,27). The minimum absolute atomic E-state index is 0.00750. The first-order valence-electron chi connectivity index (χ1n) is 10.3. The number of nitrogens with two attached hydrogens (primary N) is 1. The number of nitrogens with one attached hydrogen (secondary N) is 1. The van der Waals surface area contributed by atoms with Crippen molar-refractivity contribution in [3.8, 4) is 0 Å². The fourth-order valence-electron chi connectivity index (χ4n) is 4.64. The van der Waals surface area contributed by atoms with Gasteiger partial charge in [0.05, 0.1) is 29.1 Å². The number of aromatic nitrogens is 2. The quantitative estimate of drug-likeness (QED) is 0.505. The first-order chi connectivity index (χ1) is 15.1. The molecule has 3 N–H and O–H groups in total. The molecule has 2 unspecified atom stereocenters. The summed E-state index contributed by atoms with van der Waals surface area (Å²) in [4.78, 5) is 30.5. The molecule has 3 heterocycles. The molecule has 8 nitrogen and oxygen atoms in total. The number of hydrogen-bond acceptors (Lipinski definition) is 5. The molecule has 2 aliphatic heterocycles. The van der Waals surface area contributed by atoms with E-state index in [9.17, 15) is 4.79 Å². The highest BCUT2D eigenvalue weighted by Crippen LogP contribution is 2.34. The number of fused-ring (bicyclic) bond motifs is 2. The lowest BCUT2D eigenvalue weighted by atomic mass is 10.0. The molecule has 2 fully saturated rings. The maximum atomic E-state index is 13.2. The number of aliphatic imine (C=N–C) groups is 1. The van der Waals surface area contributed by atoms with Crippen LogP contribution in [0.3, 0.4) is 0 Å². The molecule has 31 heavy (non-hydrogen) atoms. The Balaban J connectivity index is 1.30. The average molecular weight is 413 g/mol. The Morgan fingerprint density at radius 1 is 1.00 bits per heavy atom. The van der Waals surface area contributed by atoms with Gasteiger partial charge in [-0.15, -0.1) is 0 Å². The summed E-state index contributed by atoms with van der Waals surface area (Å²) in [6.45, 7) is 3.11. The smallest absolute Gasteiger partial charge is 0.254 e. The van der Waals surface area contributed by atoms with Gasteiger partial charge < -0.3 is 15.5 Å². The summed E-state index contributed by atoms with van der Waals surface area (Å²) in [5.41, 5.74) is 8.11. The molecule has 3 aromatic rings. The van der Waals surface area contributed by atoms with Crippen molar-refractivity contribution in [2.45, 2.75) is 0 Å². The van der Waals surface area contributed by atoms with Crippen LogP contribution in [0.2, 0.25) is 0 Å². The first kappa shape index (κ1) is 19.2. The number of amides is 1. The van der Waals surface area contributed by atoms with E-state index in [2.05, 4.69) is 14.9 Å². The fraction of sp³-hybridized carbons (Fsp3) is 0.261. The molecule has 0 bridgehead atoms. The molecular formula is C23H23N7O. The number of rotatable bonds is 3. The van der Waals surface area contributed by atoms with Crippen molar-refractivity contribution >= 4 is 34.9 Å². The van der Waals surface area contributed by atoms with Gasteiger partial charge in [-0.2, -0.15) is 0 Å². The fourth-order valence-corrected chi connectivity index (χ4v) is 4.64. The van der Waals surface area contributed by atoms with Gasteiger partial charge in [-0.25, -0.2) is 9.98 Å². The van der Waals surface area contributed by atoms with Crippen LogP contribution in [-0.2, 0) is 0 Å². The van der Waals surface area contributed by atoms with Crippen molar-refractivity contribution < 1.29 is 4.79 Å². The molecule has 2 aromatic carbocycles. The topological polar surface area (TPSA) is 112 Å². The van der Waals surface area contributed by atoms with Crippen molar-refractivity contribution in [2.75, 3.05) is 31.1 Å². The maximum absolute atomic E-state index is 13.2. The molecule has 2 saturated heterocycles. The van der Waals surface area contributed by atoms with Crippen molar-refractivity contribution in [3.63, 3.8) is 0 Å². The lowest BCUT2D eigenvalue weighted by Gasteiger charge is -2.23. The number of nitrogens with zero attached hydrogens (tertiary/aromatic N) is 5. The summed E-state index contributed by atoms with van der Waals surface area (Å²) >= 11 is 0. The van der Waals surface area contributed by atoms with Crippen LogP contribution in [0.4, 0.5) is 5.82 Å². The number of amidine groups is 1. The van der Waals surface area contributed by atoms with E-state index in [0.717, 1.165) is 36.3 Å². The van der Waals surface area contributed by atoms with E-state index in [4.69, 9.17) is 16.1 Å². The van der Waals surface area contributed by atoms with E-state index in [1.807, 2.05) is 41.4 Å². The van der Waals surface area contributed by atoms with Crippen molar-refractivity contribution in [1.29, 1.82) is 5.41 Å². The van der Waals surface area contributed by atoms with E-state index < -0.39 is 0 Å². The summed E-state index contributed by atoms with van der Waals surface area (Å²) in [7, 11) is 0. The number of benzene rings is 2. The minimum Gasteiger partial charge on any atom is -0.390 e. The molecular weight excluding hydrogens is 390 g/mol. The van der Waals surface area contributed by atoms with Gasteiger partial charge in [0.1, 0.15) is 5.82 Å². The second kappa shape index (κ2) is 7.79. The SMILES string of the molecule is N=C(N=CN)c1ccccc1C(=O)N1CC2CN(c3cnc4ccccc4n3)CC2C1. The molecule has 5 rings (SSSR count). The predicted molar refractivity (Wildman–Crippen MR) is 121 cm³/mol. The van der Waals surface area contributed by atoms with Crippen molar-refractivity contribution in [1.82, 2.24) is 14.9 Å². The summed E-state index contributed by atoms with van der Waals surface area (Å²) < 4.78 is 0. The Morgan fingerprint density at radius 3 is 2.35 bits per heavy atom. The number of carbonyl (C=O) groups is 1. The van der Waals surface area contributed by atoms with Gasteiger partial charge in [-0.1, -0.05) is 30.3 Å². The van der Waals surface area contributed by atoms with E-state index >= 15 is 0 Å². The number of carbonyl (C=O) groups excluding carboxylic acids is 1. The lowest BCUT2D eigenvalue weighted by Crippen LogP contribution is -2.34. The predicted octanol–water partition coefficient (Wildman–Crippen LogP) is 2.15. The zero-order chi connectivity index (χ0) is 21.4. The van der Waals surface area contributed by atoms with E-state index in [1.54, 1.807) is 18.2 Å². The van der Waals surface area contributed by atoms with Gasteiger partial charge in [0.2, 0.25) is 0 Å². The summed E-state index contributed by atoms with van der Waals surface area (Å²) in [6.07, 6.45) is 2.92. The monoisotopic (exact) mass is 413 g/mol. The number of hydrogen-bond donors (Lipinski definition) is 2. The highest BCUT2D eigenvalue weighted by molar-refractivity contribution is 6.10. The molecule has 0 aliphatic carbocycles. The molecule has 2 atom stereocenters. The van der Waals surface area contributed by atoms with Gasteiger partial charge in [0.15, 0.2) is 5.84 Å². The summed E-state index contributed by atoms with van der Waals surface area (Å²) in [6, 6.07) is 15.0. The van der Waals surface area contributed by atoms with Crippen molar-refractivity contribution in [2.24, 2.45) is 22.6 Å². The van der Waals surface area contributed by atoms with Crippen LogP contribution in [0.5, 0.6) is 0 Å². The molecule has 0 saturated carbocycles. The van der Waals surface area contributed by atoms with Gasteiger partial charge in [0.25, 0.3) is 5.91 Å². The van der Waals surface area contributed by atoms with Crippen LogP contribution in [0.15, 0.2) is 59.7 Å².